The first-order chi connectivity index (χ1) is 9.83. The van der Waals surface area contributed by atoms with Crippen molar-refractivity contribution in [1.29, 1.82) is 0 Å². The zero-order valence-corrected chi connectivity index (χ0v) is 12.2. The Morgan fingerprint density at radius 1 is 1.00 bits per heavy atom. The molecular weight excluding hydrogens is 248 g/mol. The SMILES string of the molecule is CCNCc1ccc(N(CC)Cc2ccccc2)nn1. The highest BCUT2D eigenvalue weighted by atomic mass is 15.3. The zero-order valence-electron chi connectivity index (χ0n) is 12.2. The van der Waals surface area contributed by atoms with Crippen LogP contribution in [0.4, 0.5) is 5.82 Å². The van der Waals surface area contributed by atoms with Crippen molar-refractivity contribution in [3.05, 3.63) is 53.7 Å². The normalized spacial score (nSPS) is 10.5. The minimum atomic E-state index is 0.772. The number of nitrogens with zero attached hydrogens (tertiary/aromatic N) is 3. The first-order valence-electron chi connectivity index (χ1n) is 7.15. The molecule has 0 aliphatic rings. The van der Waals surface area contributed by atoms with E-state index in [-0.39, 0.29) is 0 Å². The predicted molar refractivity (Wildman–Crippen MR) is 82.6 cm³/mol. The van der Waals surface area contributed by atoms with Gasteiger partial charge in [-0.15, -0.1) is 5.10 Å². The monoisotopic (exact) mass is 270 g/mol. The Morgan fingerprint density at radius 3 is 2.40 bits per heavy atom. The molecule has 2 rings (SSSR count). The molecule has 1 aromatic heterocycles. The minimum Gasteiger partial charge on any atom is -0.351 e. The lowest BCUT2D eigenvalue weighted by molar-refractivity contribution is 0.694. The molecule has 0 aliphatic carbocycles. The van der Waals surface area contributed by atoms with Gasteiger partial charge in [-0.1, -0.05) is 37.3 Å². The summed E-state index contributed by atoms with van der Waals surface area (Å²) in [5.74, 6) is 0.927. The molecule has 0 bridgehead atoms. The van der Waals surface area contributed by atoms with E-state index in [4.69, 9.17) is 0 Å². The number of hydrogen-bond donors (Lipinski definition) is 1. The van der Waals surface area contributed by atoms with Gasteiger partial charge in [-0.3, -0.25) is 0 Å². The molecular formula is C16H22N4. The Labute approximate surface area is 120 Å². The van der Waals surface area contributed by atoms with Crippen LogP contribution in [0, 0.1) is 0 Å². The summed E-state index contributed by atoms with van der Waals surface area (Å²) in [5, 5.41) is 11.9. The number of hydrogen-bond acceptors (Lipinski definition) is 4. The Balaban J connectivity index is 2.04. The summed E-state index contributed by atoms with van der Waals surface area (Å²) < 4.78 is 0. The van der Waals surface area contributed by atoms with Crippen LogP contribution in [0.2, 0.25) is 0 Å². The summed E-state index contributed by atoms with van der Waals surface area (Å²) in [7, 11) is 0. The fourth-order valence-electron chi connectivity index (χ4n) is 2.03. The Bertz CT molecular complexity index is 496. The summed E-state index contributed by atoms with van der Waals surface area (Å²) in [6, 6.07) is 14.5. The average Bonchev–Trinajstić information content (AvgIpc) is 2.52. The van der Waals surface area contributed by atoms with Crippen LogP contribution in [-0.2, 0) is 13.1 Å². The van der Waals surface area contributed by atoms with Crippen LogP contribution >= 0.6 is 0 Å². The third-order valence-electron chi connectivity index (χ3n) is 3.18. The maximum absolute atomic E-state index is 4.33. The maximum atomic E-state index is 4.33. The largest absolute Gasteiger partial charge is 0.351 e. The topological polar surface area (TPSA) is 41.0 Å². The third-order valence-corrected chi connectivity index (χ3v) is 3.18. The van der Waals surface area contributed by atoms with Gasteiger partial charge in [0, 0.05) is 19.6 Å². The minimum absolute atomic E-state index is 0.772. The predicted octanol–water partition coefficient (Wildman–Crippen LogP) is 2.61. The van der Waals surface area contributed by atoms with Gasteiger partial charge in [-0.2, -0.15) is 5.10 Å². The van der Waals surface area contributed by atoms with Gasteiger partial charge in [-0.25, -0.2) is 0 Å². The number of rotatable bonds is 7. The van der Waals surface area contributed by atoms with E-state index in [1.54, 1.807) is 0 Å². The molecule has 1 heterocycles. The van der Waals surface area contributed by atoms with Gasteiger partial charge in [0.2, 0.25) is 0 Å². The van der Waals surface area contributed by atoms with Crippen molar-refractivity contribution in [2.75, 3.05) is 18.0 Å². The lowest BCUT2D eigenvalue weighted by Gasteiger charge is -2.21. The van der Waals surface area contributed by atoms with E-state index in [2.05, 4.69) is 58.5 Å². The summed E-state index contributed by atoms with van der Waals surface area (Å²) >= 11 is 0. The molecule has 0 fully saturated rings. The second-order valence-electron chi connectivity index (χ2n) is 4.66. The van der Waals surface area contributed by atoms with E-state index in [0.717, 1.165) is 37.7 Å². The molecule has 2 aromatic rings. The van der Waals surface area contributed by atoms with E-state index in [1.807, 2.05) is 18.2 Å². The lowest BCUT2D eigenvalue weighted by atomic mass is 10.2. The molecule has 0 saturated heterocycles. The molecule has 0 amide bonds. The Morgan fingerprint density at radius 2 is 1.80 bits per heavy atom. The van der Waals surface area contributed by atoms with E-state index in [0.29, 0.717) is 0 Å². The van der Waals surface area contributed by atoms with Crippen LogP contribution in [0.5, 0.6) is 0 Å². The van der Waals surface area contributed by atoms with E-state index < -0.39 is 0 Å². The number of nitrogens with one attached hydrogen (secondary N) is 1. The Kier molecular flexibility index (Phi) is 5.50. The first-order valence-corrected chi connectivity index (χ1v) is 7.15. The fourth-order valence-corrected chi connectivity index (χ4v) is 2.03. The smallest absolute Gasteiger partial charge is 0.151 e. The van der Waals surface area contributed by atoms with Crippen LogP contribution in [0.25, 0.3) is 0 Å². The van der Waals surface area contributed by atoms with Gasteiger partial charge < -0.3 is 10.2 Å². The molecule has 0 unspecified atom stereocenters. The molecule has 0 atom stereocenters. The average molecular weight is 270 g/mol. The third kappa shape index (κ3) is 4.03. The highest BCUT2D eigenvalue weighted by molar-refractivity contribution is 5.38. The molecule has 0 spiro atoms. The fraction of sp³-hybridized carbons (Fsp3) is 0.375. The highest BCUT2D eigenvalue weighted by Crippen LogP contribution is 2.13. The van der Waals surface area contributed by atoms with Crippen LogP contribution in [0.15, 0.2) is 42.5 Å². The number of anilines is 1. The quantitative estimate of drug-likeness (QED) is 0.839. The van der Waals surface area contributed by atoms with Crippen molar-refractivity contribution in [3.8, 4) is 0 Å². The summed E-state index contributed by atoms with van der Waals surface area (Å²) in [4.78, 5) is 2.22. The second kappa shape index (κ2) is 7.60. The van der Waals surface area contributed by atoms with E-state index >= 15 is 0 Å². The van der Waals surface area contributed by atoms with Crippen LogP contribution < -0.4 is 10.2 Å². The molecule has 4 heteroatoms. The second-order valence-corrected chi connectivity index (χ2v) is 4.66. The number of benzene rings is 1. The van der Waals surface area contributed by atoms with Crippen LogP contribution in [0.3, 0.4) is 0 Å². The van der Waals surface area contributed by atoms with E-state index in [9.17, 15) is 0 Å². The van der Waals surface area contributed by atoms with Crippen molar-refractivity contribution in [3.63, 3.8) is 0 Å². The molecule has 0 radical (unpaired) electrons. The summed E-state index contributed by atoms with van der Waals surface area (Å²) in [5.41, 5.74) is 2.26. The molecule has 0 saturated carbocycles. The molecule has 106 valence electrons. The molecule has 1 aromatic carbocycles. The zero-order chi connectivity index (χ0) is 14.2. The number of aromatic nitrogens is 2. The van der Waals surface area contributed by atoms with Gasteiger partial charge in [-0.05, 0) is 31.2 Å². The van der Waals surface area contributed by atoms with Crippen molar-refractivity contribution < 1.29 is 0 Å². The first kappa shape index (κ1) is 14.5. The molecule has 1 N–H and O–H groups in total. The maximum Gasteiger partial charge on any atom is 0.151 e. The van der Waals surface area contributed by atoms with Gasteiger partial charge in [0.15, 0.2) is 5.82 Å². The molecule has 20 heavy (non-hydrogen) atoms. The highest BCUT2D eigenvalue weighted by Gasteiger charge is 2.07. The van der Waals surface area contributed by atoms with Crippen LogP contribution in [0.1, 0.15) is 25.1 Å². The summed E-state index contributed by atoms with van der Waals surface area (Å²) in [6.07, 6.45) is 0. The van der Waals surface area contributed by atoms with Crippen molar-refractivity contribution in [1.82, 2.24) is 15.5 Å². The van der Waals surface area contributed by atoms with Gasteiger partial charge in [0.25, 0.3) is 0 Å². The summed E-state index contributed by atoms with van der Waals surface area (Å²) in [6.45, 7) is 7.71. The lowest BCUT2D eigenvalue weighted by Crippen LogP contribution is -2.23. The van der Waals surface area contributed by atoms with E-state index in [1.165, 1.54) is 5.56 Å². The Hall–Kier alpha value is -1.94. The van der Waals surface area contributed by atoms with Crippen molar-refractivity contribution >= 4 is 5.82 Å². The van der Waals surface area contributed by atoms with Gasteiger partial charge >= 0.3 is 0 Å². The van der Waals surface area contributed by atoms with Crippen LogP contribution in [-0.4, -0.2) is 23.3 Å². The standard InChI is InChI=1S/C16H22N4/c1-3-17-12-15-10-11-16(19-18-15)20(4-2)13-14-8-6-5-7-9-14/h5-11,17H,3-4,12-13H2,1-2H3. The van der Waals surface area contributed by atoms with Crippen molar-refractivity contribution in [2.45, 2.75) is 26.9 Å². The molecule has 0 aliphatic heterocycles. The van der Waals surface area contributed by atoms with Gasteiger partial charge in [0.1, 0.15) is 0 Å². The van der Waals surface area contributed by atoms with Gasteiger partial charge in [0.05, 0.1) is 5.69 Å². The molecule has 4 nitrogen and oxygen atoms in total. The van der Waals surface area contributed by atoms with Crippen molar-refractivity contribution in [2.24, 2.45) is 0 Å².